The molecule has 84 valence electrons. The summed E-state index contributed by atoms with van der Waals surface area (Å²) in [6, 6.07) is 0. The fourth-order valence-electron chi connectivity index (χ4n) is 1.94. The van der Waals surface area contributed by atoms with Gasteiger partial charge in [-0.1, -0.05) is 19.8 Å². The molecule has 2 fully saturated rings. The number of carbonyl (C=O) groups excluding carboxylic acids is 1. The second-order valence-corrected chi connectivity index (χ2v) is 4.79. The largest absolute Gasteiger partial charge is 0.342 e. The zero-order valence-corrected chi connectivity index (χ0v) is 9.47. The molecule has 0 spiro atoms. The van der Waals surface area contributed by atoms with Gasteiger partial charge in [0.25, 0.3) is 5.91 Å². The van der Waals surface area contributed by atoms with Crippen LogP contribution in [-0.4, -0.2) is 24.0 Å². The molecule has 0 aromatic rings. The van der Waals surface area contributed by atoms with Crippen molar-refractivity contribution in [3.8, 4) is 0 Å². The fraction of sp³-hybridized carbons (Fsp3) is 0.818. The summed E-state index contributed by atoms with van der Waals surface area (Å²) in [5.74, 6) is 1.47. The number of guanidine groups is 1. The average Bonchev–Trinajstić information content (AvgIpc) is 2.92. The molecule has 0 bridgehead atoms. The second kappa shape index (κ2) is 3.83. The van der Waals surface area contributed by atoms with E-state index in [-0.39, 0.29) is 5.91 Å². The van der Waals surface area contributed by atoms with E-state index in [0.29, 0.717) is 5.96 Å². The maximum Gasteiger partial charge on any atom is 0.252 e. The Balaban J connectivity index is 1.98. The van der Waals surface area contributed by atoms with Gasteiger partial charge < -0.3 is 5.32 Å². The average molecular weight is 209 g/mol. The Bertz CT molecular complexity index is 296. The van der Waals surface area contributed by atoms with Crippen molar-refractivity contribution in [3.63, 3.8) is 0 Å². The van der Waals surface area contributed by atoms with E-state index in [0.717, 1.165) is 25.3 Å². The van der Waals surface area contributed by atoms with Crippen LogP contribution < -0.4 is 10.6 Å². The maximum absolute atomic E-state index is 11.8. The molecule has 1 unspecified atom stereocenters. The first-order chi connectivity index (χ1) is 7.14. The van der Waals surface area contributed by atoms with Crippen LogP contribution in [0.3, 0.4) is 0 Å². The van der Waals surface area contributed by atoms with Crippen molar-refractivity contribution in [1.82, 2.24) is 10.6 Å². The Labute approximate surface area is 90.5 Å². The van der Waals surface area contributed by atoms with E-state index < -0.39 is 5.54 Å². The minimum absolute atomic E-state index is 0.0734. The van der Waals surface area contributed by atoms with E-state index in [1.54, 1.807) is 0 Å². The van der Waals surface area contributed by atoms with Crippen molar-refractivity contribution in [2.45, 2.75) is 45.1 Å². The quantitative estimate of drug-likeness (QED) is 0.726. The number of aliphatic imine (C=N–C) groups is 1. The Morgan fingerprint density at radius 2 is 2.27 bits per heavy atom. The molecule has 0 aromatic carbocycles. The van der Waals surface area contributed by atoms with Crippen LogP contribution in [0.4, 0.5) is 0 Å². The molecule has 1 saturated heterocycles. The molecule has 2 aliphatic rings. The molecule has 1 aliphatic heterocycles. The summed E-state index contributed by atoms with van der Waals surface area (Å²) in [6.07, 6.45) is 4.47. The summed E-state index contributed by atoms with van der Waals surface area (Å²) < 4.78 is 0. The van der Waals surface area contributed by atoms with Crippen molar-refractivity contribution < 1.29 is 4.79 Å². The molecule has 1 saturated carbocycles. The molecule has 4 heteroatoms. The van der Waals surface area contributed by atoms with Crippen LogP contribution >= 0.6 is 0 Å². The molecule has 1 aliphatic carbocycles. The van der Waals surface area contributed by atoms with Crippen molar-refractivity contribution >= 4 is 11.9 Å². The monoisotopic (exact) mass is 209 g/mol. The number of hydrogen-bond acceptors (Lipinski definition) is 2. The van der Waals surface area contributed by atoms with Crippen LogP contribution in [0.1, 0.15) is 39.5 Å². The van der Waals surface area contributed by atoms with Gasteiger partial charge in [-0.15, -0.1) is 0 Å². The normalized spacial score (nSPS) is 32.9. The first-order valence-corrected chi connectivity index (χ1v) is 5.78. The van der Waals surface area contributed by atoms with Crippen LogP contribution in [0.25, 0.3) is 0 Å². The number of carbonyl (C=O) groups is 1. The van der Waals surface area contributed by atoms with Gasteiger partial charge in [-0.05, 0) is 25.7 Å². The third-order valence-corrected chi connectivity index (χ3v) is 3.01. The lowest BCUT2D eigenvalue weighted by atomic mass is 9.95. The van der Waals surface area contributed by atoms with Crippen molar-refractivity contribution in [2.24, 2.45) is 10.9 Å². The van der Waals surface area contributed by atoms with E-state index in [4.69, 9.17) is 0 Å². The third kappa shape index (κ3) is 2.30. The Morgan fingerprint density at radius 1 is 1.53 bits per heavy atom. The SMILES string of the molecule is CCCN=C1NC(=O)C(C)(CC2CC2)N1. The Kier molecular flexibility index (Phi) is 2.67. The summed E-state index contributed by atoms with van der Waals surface area (Å²) >= 11 is 0. The summed E-state index contributed by atoms with van der Waals surface area (Å²) in [4.78, 5) is 16.1. The second-order valence-electron chi connectivity index (χ2n) is 4.79. The number of hydrogen-bond donors (Lipinski definition) is 2. The zero-order valence-electron chi connectivity index (χ0n) is 9.47. The molecule has 15 heavy (non-hydrogen) atoms. The van der Waals surface area contributed by atoms with Crippen LogP contribution in [0, 0.1) is 5.92 Å². The number of nitrogens with one attached hydrogen (secondary N) is 2. The molecule has 1 heterocycles. The summed E-state index contributed by atoms with van der Waals surface area (Å²) in [6.45, 7) is 4.81. The van der Waals surface area contributed by atoms with Gasteiger partial charge in [0.15, 0.2) is 5.96 Å². The molecule has 2 rings (SSSR count). The summed E-state index contributed by atoms with van der Waals surface area (Å²) in [7, 11) is 0. The minimum atomic E-state index is -0.423. The van der Waals surface area contributed by atoms with Gasteiger partial charge >= 0.3 is 0 Å². The van der Waals surface area contributed by atoms with Gasteiger partial charge in [-0.3, -0.25) is 15.1 Å². The molecular formula is C11H19N3O. The van der Waals surface area contributed by atoms with E-state index in [9.17, 15) is 4.79 Å². The highest BCUT2D eigenvalue weighted by Crippen LogP contribution is 2.37. The van der Waals surface area contributed by atoms with Crippen molar-refractivity contribution in [1.29, 1.82) is 0 Å². The highest BCUT2D eigenvalue weighted by atomic mass is 16.2. The van der Waals surface area contributed by atoms with Gasteiger partial charge in [0.1, 0.15) is 5.54 Å². The first kappa shape index (κ1) is 10.5. The standard InChI is InChI=1S/C11H19N3O/c1-3-6-12-10-13-9(15)11(2,14-10)7-8-4-5-8/h8H,3-7H2,1-2H3,(H2,12,13,14,15). The van der Waals surface area contributed by atoms with Crippen LogP contribution in [0.2, 0.25) is 0 Å². The summed E-state index contributed by atoms with van der Waals surface area (Å²) in [5.41, 5.74) is -0.423. The van der Waals surface area contributed by atoms with E-state index in [1.165, 1.54) is 12.8 Å². The number of nitrogens with zero attached hydrogens (tertiary/aromatic N) is 1. The molecule has 4 nitrogen and oxygen atoms in total. The molecule has 0 aromatic heterocycles. The topological polar surface area (TPSA) is 53.5 Å². The number of rotatable bonds is 4. The fourth-order valence-corrected chi connectivity index (χ4v) is 1.94. The molecule has 0 radical (unpaired) electrons. The van der Waals surface area contributed by atoms with Gasteiger partial charge in [0, 0.05) is 6.54 Å². The Morgan fingerprint density at radius 3 is 2.87 bits per heavy atom. The lowest BCUT2D eigenvalue weighted by Crippen LogP contribution is -2.44. The lowest BCUT2D eigenvalue weighted by Gasteiger charge is -2.20. The predicted octanol–water partition coefficient (Wildman–Crippen LogP) is 1.03. The van der Waals surface area contributed by atoms with Gasteiger partial charge in [-0.2, -0.15) is 0 Å². The van der Waals surface area contributed by atoms with E-state index >= 15 is 0 Å². The lowest BCUT2D eigenvalue weighted by molar-refractivity contribution is -0.123. The van der Waals surface area contributed by atoms with Crippen molar-refractivity contribution in [2.75, 3.05) is 6.54 Å². The van der Waals surface area contributed by atoms with Gasteiger partial charge in [0.2, 0.25) is 0 Å². The summed E-state index contributed by atoms with van der Waals surface area (Å²) in [5, 5.41) is 6.02. The highest BCUT2D eigenvalue weighted by Gasteiger charge is 2.44. The molecule has 2 N–H and O–H groups in total. The highest BCUT2D eigenvalue weighted by molar-refractivity contribution is 6.08. The predicted molar refractivity (Wildman–Crippen MR) is 59.6 cm³/mol. The third-order valence-electron chi connectivity index (χ3n) is 3.01. The number of amides is 1. The minimum Gasteiger partial charge on any atom is -0.342 e. The molecular weight excluding hydrogens is 190 g/mol. The van der Waals surface area contributed by atoms with Gasteiger partial charge in [0.05, 0.1) is 0 Å². The van der Waals surface area contributed by atoms with E-state index in [2.05, 4.69) is 22.5 Å². The van der Waals surface area contributed by atoms with Crippen LogP contribution in [-0.2, 0) is 4.79 Å². The molecule has 1 atom stereocenters. The zero-order chi connectivity index (χ0) is 10.9. The van der Waals surface area contributed by atoms with Crippen LogP contribution in [0.5, 0.6) is 0 Å². The van der Waals surface area contributed by atoms with Crippen LogP contribution in [0.15, 0.2) is 4.99 Å². The van der Waals surface area contributed by atoms with Crippen molar-refractivity contribution in [3.05, 3.63) is 0 Å². The smallest absolute Gasteiger partial charge is 0.252 e. The van der Waals surface area contributed by atoms with Gasteiger partial charge in [-0.25, -0.2) is 0 Å². The molecule has 1 amide bonds. The Hall–Kier alpha value is -1.06. The van der Waals surface area contributed by atoms with E-state index in [1.807, 2.05) is 6.92 Å². The maximum atomic E-state index is 11.8. The first-order valence-electron chi connectivity index (χ1n) is 5.78.